The maximum atomic E-state index is 12.6. The number of nitrogens with zero attached hydrogens (tertiary/aromatic N) is 2. The smallest absolute Gasteiger partial charge is 0.320 e. The fourth-order valence-electron chi connectivity index (χ4n) is 3.06. The summed E-state index contributed by atoms with van der Waals surface area (Å²) >= 11 is 6.13. The number of aromatic amines is 1. The largest absolute Gasteiger partial charge is 0.322 e. The van der Waals surface area contributed by atoms with Crippen LogP contribution in [0.15, 0.2) is 54.6 Å². The van der Waals surface area contributed by atoms with E-state index in [1.807, 2.05) is 42.5 Å². The number of urea groups is 1. The molecule has 2 aromatic carbocycles. The molecule has 0 radical (unpaired) electrons. The van der Waals surface area contributed by atoms with Gasteiger partial charge < -0.3 is 10.2 Å². The van der Waals surface area contributed by atoms with E-state index in [4.69, 9.17) is 11.6 Å². The highest BCUT2D eigenvalue weighted by molar-refractivity contribution is 6.33. The van der Waals surface area contributed by atoms with Gasteiger partial charge in [0.2, 0.25) is 0 Å². The molecule has 2 N–H and O–H groups in total. The lowest BCUT2D eigenvalue weighted by molar-refractivity contribution is 0.206. The number of hydrogen-bond donors (Lipinski definition) is 2. The summed E-state index contributed by atoms with van der Waals surface area (Å²) in [5, 5.41) is 11.0. The highest BCUT2D eigenvalue weighted by Crippen LogP contribution is 2.29. The van der Waals surface area contributed by atoms with Gasteiger partial charge in [0.05, 0.1) is 22.9 Å². The average molecular weight is 353 g/mol. The van der Waals surface area contributed by atoms with E-state index in [0.717, 1.165) is 28.9 Å². The molecule has 0 saturated carbocycles. The van der Waals surface area contributed by atoms with Gasteiger partial charge in [0.15, 0.2) is 0 Å². The van der Waals surface area contributed by atoms with E-state index in [9.17, 15) is 4.79 Å². The van der Waals surface area contributed by atoms with Crippen molar-refractivity contribution in [2.45, 2.75) is 13.0 Å². The van der Waals surface area contributed by atoms with E-state index in [1.54, 1.807) is 17.0 Å². The van der Waals surface area contributed by atoms with Gasteiger partial charge in [0.1, 0.15) is 0 Å². The normalized spacial score (nSPS) is 13.4. The SMILES string of the molecule is O=C(Nc1ccccc1Cl)N1CCc2[nH]nc(-c3ccccc3)c2C1. The van der Waals surface area contributed by atoms with Crippen molar-refractivity contribution in [2.24, 2.45) is 0 Å². The van der Waals surface area contributed by atoms with Crippen molar-refractivity contribution in [1.29, 1.82) is 0 Å². The first kappa shape index (κ1) is 15.7. The second-order valence-electron chi connectivity index (χ2n) is 5.98. The second kappa shape index (κ2) is 6.61. The van der Waals surface area contributed by atoms with Gasteiger partial charge in [-0.3, -0.25) is 5.10 Å². The molecule has 0 unspecified atom stereocenters. The summed E-state index contributed by atoms with van der Waals surface area (Å²) in [6.07, 6.45) is 0.755. The molecule has 6 heteroatoms. The molecule has 4 rings (SSSR count). The van der Waals surface area contributed by atoms with Crippen molar-refractivity contribution in [3.8, 4) is 11.3 Å². The number of carbonyl (C=O) groups excluding carboxylic acids is 1. The van der Waals surface area contributed by atoms with E-state index in [1.165, 1.54) is 0 Å². The van der Waals surface area contributed by atoms with Gasteiger partial charge in [0.25, 0.3) is 0 Å². The molecule has 2 amide bonds. The van der Waals surface area contributed by atoms with E-state index < -0.39 is 0 Å². The van der Waals surface area contributed by atoms with Crippen LogP contribution in [0.4, 0.5) is 10.5 Å². The molecule has 25 heavy (non-hydrogen) atoms. The Kier molecular flexibility index (Phi) is 4.15. The molecule has 3 aromatic rings. The third-order valence-electron chi connectivity index (χ3n) is 4.38. The summed E-state index contributed by atoms with van der Waals surface area (Å²) in [5.41, 5.74) is 4.75. The Morgan fingerprint density at radius 3 is 2.68 bits per heavy atom. The zero-order chi connectivity index (χ0) is 17.2. The second-order valence-corrected chi connectivity index (χ2v) is 6.38. The Balaban J connectivity index is 1.56. The number of para-hydroxylation sites is 1. The standard InChI is InChI=1S/C19H17ClN4O/c20-15-8-4-5-9-17(15)21-19(25)24-11-10-16-14(12-24)18(23-22-16)13-6-2-1-3-7-13/h1-9H,10-12H2,(H,21,25)(H,22,23). The molecule has 0 fully saturated rings. The van der Waals surface area contributed by atoms with E-state index in [-0.39, 0.29) is 6.03 Å². The van der Waals surface area contributed by atoms with E-state index in [0.29, 0.717) is 23.8 Å². The number of aromatic nitrogens is 2. The number of hydrogen-bond acceptors (Lipinski definition) is 2. The minimum atomic E-state index is -0.154. The van der Waals surface area contributed by atoms with Crippen LogP contribution in [0, 0.1) is 0 Å². The summed E-state index contributed by atoms with van der Waals surface area (Å²) in [6.45, 7) is 1.16. The molecule has 1 aliphatic rings. The van der Waals surface area contributed by atoms with Gasteiger partial charge in [0, 0.05) is 29.8 Å². The topological polar surface area (TPSA) is 61.0 Å². The zero-order valence-electron chi connectivity index (χ0n) is 13.5. The molecular formula is C19H17ClN4O. The van der Waals surface area contributed by atoms with Crippen LogP contribution in [0.3, 0.4) is 0 Å². The lowest BCUT2D eigenvalue weighted by atomic mass is 10.0. The van der Waals surface area contributed by atoms with Gasteiger partial charge in [-0.15, -0.1) is 0 Å². The number of anilines is 1. The molecule has 1 aliphatic heterocycles. The van der Waals surface area contributed by atoms with Crippen molar-refractivity contribution in [2.75, 3.05) is 11.9 Å². The average Bonchev–Trinajstić information content (AvgIpc) is 3.07. The summed E-state index contributed by atoms with van der Waals surface area (Å²) < 4.78 is 0. The van der Waals surface area contributed by atoms with Crippen molar-refractivity contribution in [3.63, 3.8) is 0 Å². The molecule has 0 atom stereocenters. The molecule has 1 aromatic heterocycles. The quantitative estimate of drug-likeness (QED) is 0.721. The van der Waals surface area contributed by atoms with Gasteiger partial charge >= 0.3 is 6.03 Å². The summed E-state index contributed by atoms with van der Waals surface area (Å²) in [6, 6.07) is 17.1. The molecular weight excluding hydrogens is 336 g/mol. The Morgan fingerprint density at radius 2 is 1.88 bits per heavy atom. The third-order valence-corrected chi connectivity index (χ3v) is 4.71. The summed E-state index contributed by atoms with van der Waals surface area (Å²) in [4.78, 5) is 14.4. The van der Waals surface area contributed by atoms with Crippen LogP contribution in [0.2, 0.25) is 5.02 Å². The Morgan fingerprint density at radius 1 is 1.12 bits per heavy atom. The van der Waals surface area contributed by atoms with Crippen molar-refractivity contribution in [3.05, 3.63) is 70.9 Å². The number of amides is 2. The molecule has 126 valence electrons. The Labute approximate surface area is 150 Å². The maximum Gasteiger partial charge on any atom is 0.322 e. The van der Waals surface area contributed by atoms with Crippen LogP contribution in [-0.4, -0.2) is 27.7 Å². The number of rotatable bonds is 2. The van der Waals surface area contributed by atoms with Gasteiger partial charge in [-0.2, -0.15) is 5.10 Å². The van der Waals surface area contributed by atoms with Gasteiger partial charge in [-0.1, -0.05) is 54.1 Å². The van der Waals surface area contributed by atoms with Crippen molar-refractivity contribution >= 4 is 23.3 Å². The molecule has 5 nitrogen and oxygen atoms in total. The van der Waals surface area contributed by atoms with Crippen LogP contribution in [0.1, 0.15) is 11.3 Å². The van der Waals surface area contributed by atoms with Crippen LogP contribution < -0.4 is 5.32 Å². The van der Waals surface area contributed by atoms with Crippen LogP contribution in [-0.2, 0) is 13.0 Å². The number of carbonyl (C=O) groups is 1. The molecule has 0 bridgehead atoms. The third kappa shape index (κ3) is 3.10. The van der Waals surface area contributed by atoms with E-state index >= 15 is 0 Å². The molecule has 2 heterocycles. The predicted octanol–water partition coefficient (Wildman–Crippen LogP) is 4.32. The monoisotopic (exact) mass is 352 g/mol. The first-order valence-electron chi connectivity index (χ1n) is 8.14. The highest BCUT2D eigenvalue weighted by Gasteiger charge is 2.25. The highest BCUT2D eigenvalue weighted by atomic mass is 35.5. The predicted molar refractivity (Wildman–Crippen MR) is 98.6 cm³/mol. The minimum absolute atomic E-state index is 0.154. The molecule has 0 spiro atoms. The number of nitrogens with one attached hydrogen (secondary N) is 2. The zero-order valence-corrected chi connectivity index (χ0v) is 14.3. The minimum Gasteiger partial charge on any atom is -0.320 e. The maximum absolute atomic E-state index is 12.6. The van der Waals surface area contributed by atoms with Crippen LogP contribution in [0.25, 0.3) is 11.3 Å². The molecule has 0 saturated heterocycles. The first-order chi connectivity index (χ1) is 12.2. The Hall–Kier alpha value is -2.79. The Bertz CT molecular complexity index is 907. The first-order valence-corrected chi connectivity index (χ1v) is 8.52. The summed E-state index contributed by atoms with van der Waals surface area (Å²) in [5.74, 6) is 0. The summed E-state index contributed by atoms with van der Waals surface area (Å²) in [7, 11) is 0. The molecule has 0 aliphatic carbocycles. The fourth-order valence-corrected chi connectivity index (χ4v) is 3.24. The fraction of sp³-hybridized carbons (Fsp3) is 0.158. The number of benzene rings is 2. The van der Waals surface area contributed by atoms with Gasteiger partial charge in [-0.05, 0) is 12.1 Å². The number of H-pyrrole nitrogens is 1. The number of fused-ring (bicyclic) bond motifs is 1. The van der Waals surface area contributed by atoms with Gasteiger partial charge in [-0.25, -0.2) is 4.79 Å². The van der Waals surface area contributed by atoms with Crippen molar-refractivity contribution in [1.82, 2.24) is 15.1 Å². The van der Waals surface area contributed by atoms with Crippen molar-refractivity contribution < 1.29 is 4.79 Å². The van der Waals surface area contributed by atoms with E-state index in [2.05, 4.69) is 15.5 Å². The van der Waals surface area contributed by atoms with Crippen LogP contribution in [0.5, 0.6) is 0 Å². The lowest BCUT2D eigenvalue weighted by Gasteiger charge is -2.27. The lowest BCUT2D eigenvalue weighted by Crippen LogP contribution is -2.38. The number of halogens is 1. The van der Waals surface area contributed by atoms with Crippen LogP contribution >= 0.6 is 11.6 Å².